The molecule has 11 rings (SSSR count). The van der Waals surface area contributed by atoms with Gasteiger partial charge < -0.3 is 20.0 Å². The monoisotopic (exact) mass is 897 g/mol. The second-order valence-electron chi connectivity index (χ2n) is 19.7. The molecule has 1 atom stereocenters. The van der Waals surface area contributed by atoms with Gasteiger partial charge in [-0.2, -0.15) is 0 Å². The third kappa shape index (κ3) is 7.93. The minimum atomic E-state index is -0.881. The molecular weight excluding hydrogens is 839 g/mol. The first-order valence-electron chi connectivity index (χ1n) is 23.9. The number of aliphatic imine (C=N–C) groups is 1. The van der Waals surface area contributed by atoms with Crippen molar-refractivity contribution in [3.63, 3.8) is 0 Å². The smallest absolute Gasteiger partial charge is 0.335 e. The molecule has 10 nitrogen and oxygen atoms in total. The Labute approximate surface area is 392 Å². The highest BCUT2D eigenvalue weighted by molar-refractivity contribution is 7.15. The molecule has 0 radical (unpaired) electrons. The van der Waals surface area contributed by atoms with E-state index < -0.39 is 11.6 Å². The van der Waals surface area contributed by atoms with E-state index in [0.29, 0.717) is 17.4 Å². The van der Waals surface area contributed by atoms with Crippen LogP contribution >= 0.6 is 11.3 Å². The normalized spacial score (nSPS) is 20.1. The molecule has 66 heavy (non-hydrogen) atoms. The zero-order valence-corrected chi connectivity index (χ0v) is 39.3. The van der Waals surface area contributed by atoms with Crippen LogP contribution in [-0.2, 0) is 6.42 Å². The molecule has 0 amide bonds. The molecule has 0 bridgehead atoms. The molecule has 0 saturated carbocycles. The average molecular weight is 898 g/mol. The number of hydrogen-bond donors (Lipinski definition) is 2. The lowest BCUT2D eigenvalue weighted by Crippen LogP contribution is -2.57. The van der Waals surface area contributed by atoms with Gasteiger partial charge in [0.2, 0.25) is 0 Å². The number of β-amino-alcohol motifs (C(OH)–C–C–N with tert-alkyl or cyclic N) is 1. The highest BCUT2D eigenvalue weighted by Crippen LogP contribution is 2.42. The van der Waals surface area contributed by atoms with Crippen molar-refractivity contribution in [3.05, 3.63) is 164 Å². The number of likely N-dealkylation sites (tertiary alicyclic amines) is 2. The van der Waals surface area contributed by atoms with Crippen LogP contribution in [0.2, 0.25) is 0 Å². The second kappa shape index (κ2) is 17.2. The third-order valence-corrected chi connectivity index (χ3v) is 16.4. The van der Waals surface area contributed by atoms with Crippen molar-refractivity contribution in [3.8, 4) is 5.00 Å². The van der Waals surface area contributed by atoms with E-state index in [1.54, 1.807) is 17.4 Å². The molecule has 4 aliphatic heterocycles. The molecule has 4 aromatic carbocycles. The van der Waals surface area contributed by atoms with Crippen molar-refractivity contribution in [2.75, 3.05) is 57.3 Å². The fourth-order valence-electron chi connectivity index (χ4n) is 11.3. The fourth-order valence-corrected chi connectivity index (χ4v) is 12.5. The Bertz CT molecular complexity index is 2860. The van der Waals surface area contributed by atoms with Gasteiger partial charge in [-0.3, -0.25) is 14.5 Å². The number of nitrogens with zero attached hydrogens (tertiary/aromatic N) is 7. The Morgan fingerprint density at radius 1 is 0.818 bits per heavy atom. The maximum absolute atomic E-state index is 11.9. The maximum Gasteiger partial charge on any atom is 0.335 e. The van der Waals surface area contributed by atoms with Gasteiger partial charge in [-0.25, -0.2) is 4.79 Å². The molecule has 0 spiro atoms. The molecule has 0 unspecified atom stereocenters. The summed E-state index contributed by atoms with van der Waals surface area (Å²) in [6.45, 7) is 16.3. The van der Waals surface area contributed by atoms with Gasteiger partial charge in [-0.1, -0.05) is 72.8 Å². The van der Waals surface area contributed by atoms with Crippen LogP contribution in [0.5, 0.6) is 0 Å². The summed E-state index contributed by atoms with van der Waals surface area (Å²) in [6.07, 6.45) is 4.42. The molecule has 11 heteroatoms. The summed E-state index contributed by atoms with van der Waals surface area (Å²) in [5.74, 6) is 2.00. The van der Waals surface area contributed by atoms with Gasteiger partial charge in [-0.05, 0) is 129 Å². The quantitative estimate of drug-likeness (QED) is 0.140. The van der Waals surface area contributed by atoms with E-state index in [2.05, 4.69) is 129 Å². The van der Waals surface area contributed by atoms with Crippen molar-refractivity contribution in [1.29, 1.82) is 0 Å². The number of anilines is 1. The molecule has 338 valence electrons. The second-order valence-corrected chi connectivity index (χ2v) is 20.9. The van der Waals surface area contributed by atoms with E-state index in [1.165, 1.54) is 49.5 Å². The van der Waals surface area contributed by atoms with Gasteiger partial charge in [0.1, 0.15) is 16.9 Å². The summed E-state index contributed by atoms with van der Waals surface area (Å²) in [4.78, 5) is 25.9. The van der Waals surface area contributed by atoms with E-state index in [-0.39, 0.29) is 6.04 Å². The summed E-state index contributed by atoms with van der Waals surface area (Å²) >= 11 is 1.80. The number of carboxylic acids is 1. The van der Waals surface area contributed by atoms with E-state index in [4.69, 9.17) is 4.99 Å². The lowest BCUT2D eigenvalue weighted by molar-refractivity contribution is -0.0620. The topological polar surface area (TPSA) is 110 Å². The Kier molecular flexibility index (Phi) is 11.2. The number of aromatic carboxylic acids is 1. The minimum Gasteiger partial charge on any atom is -0.478 e. The summed E-state index contributed by atoms with van der Waals surface area (Å²) in [5.41, 5.74) is 14.1. The highest BCUT2D eigenvalue weighted by Gasteiger charge is 2.40. The molecule has 2 N–H and O–H groups in total. The number of aliphatic hydroxyl groups is 1. The zero-order valence-electron chi connectivity index (χ0n) is 38.5. The van der Waals surface area contributed by atoms with Crippen LogP contribution in [0.25, 0.3) is 16.1 Å². The lowest BCUT2D eigenvalue weighted by atomic mass is 9.85. The first-order chi connectivity index (χ1) is 32.0. The van der Waals surface area contributed by atoms with Gasteiger partial charge >= 0.3 is 5.97 Å². The molecular formula is C55H59N7O3S. The lowest BCUT2D eigenvalue weighted by Gasteiger charge is -2.48. The number of benzene rings is 4. The molecule has 3 saturated heterocycles. The van der Waals surface area contributed by atoms with Crippen LogP contribution in [0.15, 0.2) is 102 Å². The Morgan fingerprint density at radius 2 is 1.55 bits per heavy atom. The van der Waals surface area contributed by atoms with Crippen LogP contribution in [0, 0.1) is 26.7 Å². The Balaban J connectivity index is 0.672. The van der Waals surface area contributed by atoms with Crippen molar-refractivity contribution < 1.29 is 15.0 Å². The predicted octanol–water partition coefficient (Wildman–Crippen LogP) is 9.52. The first kappa shape index (κ1) is 42.9. The highest BCUT2D eigenvalue weighted by atomic mass is 32.1. The maximum atomic E-state index is 11.9. The summed E-state index contributed by atoms with van der Waals surface area (Å²) in [6, 6.07) is 34.3. The molecule has 2 aromatic heterocycles. The molecule has 5 aliphatic rings. The van der Waals surface area contributed by atoms with Crippen LogP contribution in [-0.4, -0.2) is 104 Å². The average Bonchev–Trinajstić information content (AvgIpc) is 3.70. The van der Waals surface area contributed by atoms with Gasteiger partial charge in [0.25, 0.3) is 0 Å². The summed E-state index contributed by atoms with van der Waals surface area (Å²) in [5, 5.41) is 31.6. The van der Waals surface area contributed by atoms with Gasteiger partial charge in [-0.15, -0.1) is 21.5 Å². The van der Waals surface area contributed by atoms with Crippen LogP contribution in [0.4, 0.5) is 5.69 Å². The number of aryl methyl sites for hydroxylation is 3. The van der Waals surface area contributed by atoms with Crippen molar-refractivity contribution >= 4 is 39.9 Å². The predicted molar refractivity (Wildman–Crippen MR) is 265 cm³/mol. The summed E-state index contributed by atoms with van der Waals surface area (Å²) < 4.78 is 2.19. The first-order valence-corrected chi connectivity index (χ1v) is 24.7. The SMILES string of the molecule is Cc1sc2c(c1C)C(c1ccc(C3CN(CC4(O)CCN(CC5CN(c6ccc(C7=C(c8ccccc8)CCCc8cc(C(=O)O)ccc87)cc6)C5)CC4)C3)cc1)=N[C@@H](C)c1nnc(C)n1-2. The number of thiophene rings is 1. The van der Waals surface area contributed by atoms with Crippen LogP contribution in [0.3, 0.4) is 0 Å². The molecule has 1 aliphatic carbocycles. The van der Waals surface area contributed by atoms with E-state index in [9.17, 15) is 15.0 Å². The van der Waals surface area contributed by atoms with E-state index >= 15 is 0 Å². The number of carboxylic acid groups (broad SMARTS) is 1. The number of hydrogen-bond acceptors (Lipinski definition) is 9. The number of rotatable bonds is 10. The third-order valence-electron chi connectivity index (χ3n) is 15.2. The Morgan fingerprint density at radius 3 is 2.27 bits per heavy atom. The van der Waals surface area contributed by atoms with Crippen molar-refractivity contribution in [2.24, 2.45) is 10.9 Å². The Hall–Kier alpha value is -5.72. The standard InChI is InChI=1S/C55H59N7O3S/c1-34-36(3)66-53-49(34)51(56-35(2)52-58-57-37(4)62(52)53)42-15-13-39(14-16-42)45-31-60(32-45)33-55(65)23-25-59(26-24-55)28-38-29-61(30-38)46-20-17-41(18-21-46)50-47(40-9-6-5-7-10-40)12-8-11-43-27-44(54(63)64)19-22-48(43)50/h5-7,9-10,13-22,27,35,38,45,65H,8,11-12,23-26,28-33H2,1-4H3,(H,63,64)/t35-/m0/s1. The molecule has 3 fully saturated rings. The van der Waals surface area contributed by atoms with Crippen molar-refractivity contribution in [2.45, 2.75) is 77.4 Å². The van der Waals surface area contributed by atoms with Crippen LogP contribution in [0.1, 0.15) is 116 Å². The summed E-state index contributed by atoms with van der Waals surface area (Å²) in [7, 11) is 0. The number of fused-ring (bicyclic) bond motifs is 4. The molecule has 6 heterocycles. The minimum absolute atomic E-state index is 0.0951. The van der Waals surface area contributed by atoms with Gasteiger partial charge in [0.05, 0.1) is 16.9 Å². The number of piperidine rings is 1. The van der Waals surface area contributed by atoms with Gasteiger partial charge in [0, 0.05) is 85.9 Å². The largest absolute Gasteiger partial charge is 0.478 e. The van der Waals surface area contributed by atoms with Gasteiger partial charge in [0.15, 0.2) is 5.82 Å². The number of carbonyl (C=O) groups is 1. The van der Waals surface area contributed by atoms with E-state index in [0.717, 1.165) is 124 Å². The zero-order chi connectivity index (χ0) is 45.3. The number of allylic oxidation sites excluding steroid dienone is 1. The van der Waals surface area contributed by atoms with Crippen LogP contribution < -0.4 is 4.90 Å². The fraction of sp³-hybridized carbons (Fsp3) is 0.382. The van der Waals surface area contributed by atoms with E-state index in [1.807, 2.05) is 19.1 Å². The van der Waals surface area contributed by atoms with Crippen molar-refractivity contribution in [1.82, 2.24) is 24.6 Å². The molecule has 6 aromatic rings. The number of aromatic nitrogens is 3.